The molecule has 0 saturated carbocycles. The molecular weight excluding hydrogens is 204 g/mol. The molecule has 0 bridgehead atoms. The minimum Gasteiger partial charge on any atom is -0.393 e. The maximum Gasteiger partial charge on any atom is 0.131 e. The van der Waals surface area contributed by atoms with Crippen LogP contribution in [0.3, 0.4) is 0 Å². The molecule has 3 N–H and O–H groups in total. The summed E-state index contributed by atoms with van der Waals surface area (Å²) in [6.45, 7) is 5.48. The Balaban J connectivity index is 2.33. The highest BCUT2D eigenvalue weighted by atomic mass is 16.3. The molecule has 1 unspecified atom stereocenters. The molecule has 0 spiro atoms. The van der Waals surface area contributed by atoms with Crippen LogP contribution in [0, 0.1) is 0 Å². The van der Waals surface area contributed by atoms with E-state index in [2.05, 4.69) is 20.6 Å². The molecule has 0 amide bonds. The maximum atomic E-state index is 9.10. The summed E-state index contributed by atoms with van der Waals surface area (Å²) >= 11 is 0. The van der Waals surface area contributed by atoms with Crippen LogP contribution in [-0.4, -0.2) is 34.3 Å². The molecule has 90 valence electrons. The number of rotatable bonds is 7. The highest BCUT2D eigenvalue weighted by molar-refractivity contribution is 5.46. The Morgan fingerprint density at radius 3 is 2.62 bits per heavy atom. The maximum absolute atomic E-state index is 9.10. The summed E-state index contributed by atoms with van der Waals surface area (Å²) in [4.78, 5) is 8.20. The summed E-state index contributed by atoms with van der Waals surface area (Å²) in [6, 6.07) is 1.88. The fraction of sp³-hybridized carbons (Fsp3) is 0.636. The van der Waals surface area contributed by atoms with E-state index in [0.717, 1.165) is 37.6 Å². The number of aliphatic hydroxyl groups excluding tert-OH is 1. The van der Waals surface area contributed by atoms with E-state index < -0.39 is 0 Å². The zero-order valence-corrected chi connectivity index (χ0v) is 9.90. The van der Waals surface area contributed by atoms with Crippen molar-refractivity contribution in [2.45, 2.75) is 32.8 Å². The van der Waals surface area contributed by atoms with E-state index in [1.807, 2.05) is 13.0 Å². The lowest BCUT2D eigenvalue weighted by molar-refractivity contribution is 0.183. The van der Waals surface area contributed by atoms with Crippen molar-refractivity contribution < 1.29 is 5.11 Å². The highest BCUT2D eigenvalue weighted by Gasteiger charge is 1.98. The van der Waals surface area contributed by atoms with E-state index in [-0.39, 0.29) is 6.10 Å². The molecule has 0 radical (unpaired) electrons. The molecule has 1 aromatic heterocycles. The van der Waals surface area contributed by atoms with Crippen molar-refractivity contribution in [3.63, 3.8) is 0 Å². The van der Waals surface area contributed by atoms with Crippen LogP contribution in [0.25, 0.3) is 0 Å². The molecule has 1 aromatic rings. The number of anilines is 2. The zero-order chi connectivity index (χ0) is 11.8. The Kier molecular flexibility index (Phi) is 5.56. The number of hydrogen-bond donors (Lipinski definition) is 3. The topological polar surface area (TPSA) is 70.1 Å². The van der Waals surface area contributed by atoms with Gasteiger partial charge in [0.25, 0.3) is 0 Å². The smallest absolute Gasteiger partial charge is 0.131 e. The van der Waals surface area contributed by atoms with Gasteiger partial charge in [0, 0.05) is 19.2 Å². The SMILES string of the molecule is CCNc1cc(NCCCC(C)O)ncn1. The zero-order valence-electron chi connectivity index (χ0n) is 9.90. The van der Waals surface area contributed by atoms with Crippen LogP contribution in [0.2, 0.25) is 0 Å². The van der Waals surface area contributed by atoms with Gasteiger partial charge in [0.1, 0.15) is 18.0 Å². The van der Waals surface area contributed by atoms with Gasteiger partial charge < -0.3 is 15.7 Å². The minimum atomic E-state index is -0.232. The summed E-state index contributed by atoms with van der Waals surface area (Å²) in [5.74, 6) is 1.65. The average Bonchev–Trinajstić information content (AvgIpc) is 2.25. The first-order valence-corrected chi connectivity index (χ1v) is 5.70. The van der Waals surface area contributed by atoms with Crippen LogP contribution in [-0.2, 0) is 0 Å². The lowest BCUT2D eigenvalue weighted by Crippen LogP contribution is -2.08. The molecule has 0 aliphatic heterocycles. The molecule has 1 heterocycles. The molecule has 0 aliphatic rings. The largest absolute Gasteiger partial charge is 0.393 e. The summed E-state index contributed by atoms with van der Waals surface area (Å²) < 4.78 is 0. The quantitative estimate of drug-likeness (QED) is 0.612. The van der Waals surface area contributed by atoms with Crippen LogP contribution >= 0.6 is 0 Å². The Morgan fingerprint density at radius 2 is 2.00 bits per heavy atom. The van der Waals surface area contributed by atoms with Crippen LogP contribution in [0.5, 0.6) is 0 Å². The Morgan fingerprint density at radius 1 is 1.31 bits per heavy atom. The van der Waals surface area contributed by atoms with Crippen molar-refractivity contribution >= 4 is 11.6 Å². The fourth-order valence-electron chi connectivity index (χ4n) is 1.35. The second-order valence-corrected chi connectivity index (χ2v) is 3.74. The number of aliphatic hydroxyl groups is 1. The first kappa shape index (κ1) is 12.7. The van der Waals surface area contributed by atoms with E-state index >= 15 is 0 Å². The van der Waals surface area contributed by atoms with Gasteiger partial charge >= 0.3 is 0 Å². The predicted molar refractivity (Wildman–Crippen MR) is 65.6 cm³/mol. The first-order valence-electron chi connectivity index (χ1n) is 5.70. The predicted octanol–water partition coefficient (Wildman–Crippen LogP) is 1.48. The lowest BCUT2D eigenvalue weighted by atomic mass is 10.2. The summed E-state index contributed by atoms with van der Waals surface area (Å²) in [5, 5.41) is 15.4. The molecule has 1 rings (SSSR count). The summed E-state index contributed by atoms with van der Waals surface area (Å²) in [7, 11) is 0. The van der Waals surface area contributed by atoms with E-state index in [1.165, 1.54) is 6.33 Å². The van der Waals surface area contributed by atoms with Crippen molar-refractivity contribution in [3.8, 4) is 0 Å². The highest BCUT2D eigenvalue weighted by Crippen LogP contribution is 2.08. The Hall–Kier alpha value is -1.36. The van der Waals surface area contributed by atoms with Crippen molar-refractivity contribution in [2.24, 2.45) is 0 Å². The number of nitrogens with zero attached hydrogens (tertiary/aromatic N) is 2. The van der Waals surface area contributed by atoms with Crippen LogP contribution < -0.4 is 10.6 Å². The molecule has 0 aliphatic carbocycles. The lowest BCUT2D eigenvalue weighted by Gasteiger charge is -2.08. The second kappa shape index (κ2) is 7.00. The van der Waals surface area contributed by atoms with Gasteiger partial charge in [-0.05, 0) is 26.7 Å². The molecule has 0 aromatic carbocycles. The van der Waals surface area contributed by atoms with Gasteiger partial charge in [0.15, 0.2) is 0 Å². The van der Waals surface area contributed by atoms with E-state index in [9.17, 15) is 0 Å². The average molecular weight is 224 g/mol. The van der Waals surface area contributed by atoms with E-state index in [0.29, 0.717) is 0 Å². The number of nitrogens with one attached hydrogen (secondary N) is 2. The van der Waals surface area contributed by atoms with Gasteiger partial charge in [0.2, 0.25) is 0 Å². The standard InChI is InChI=1S/C11H20N4O/c1-3-12-10-7-11(15-8-14-10)13-6-4-5-9(2)16/h7-9,16H,3-6H2,1-2H3,(H2,12,13,14,15). The molecular formula is C11H20N4O. The molecule has 16 heavy (non-hydrogen) atoms. The Labute approximate surface area is 96.3 Å². The van der Waals surface area contributed by atoms with Crippen LogP contribution in [0.1, 0.15) is 26.7 Å². The molecule has 0 saturated heterocycles. The number of hydrogen-bond acceptors (Lipinski definition) is 5. The third-order valence-corrected chi connectivity index (χ3v) is 2.13. The van der Waals surface area contributed by atoms with Crippen molar-refractivity contribution in [1.29, 1.82) is 0 Å². The van der Waals surface area contributed by atoms with Gasteiger partial charge in [-0.1, -0.05) is 0 Å². The van der Waals surface area contributed by atoms with Crippen molar-refractivity contribution in [2.75, 3.05) is 23.7 Å². The van der Waals surface area contributed by atoms with Crippen molar-refractivity contribution in [3.05, 3.63) is 12.4 Å². The summed E-state index contributed by atoms with van der Waals surface area (Å²) in [6.07, 6.45) is 3.04. The molecule has 5 nitrogen and oxygen atoms in total. The van der Waals surface area contributed by atoms with Gasteiger partial charge in [0.05, 0.1) is 6.10 Å². The monoisotopic (exact) mass is 224 g/mol. The third-order valence-electron chi connectivity index (χ3n) is 2.13. The Bertz CT molecular complexity index is 304. The van der Waals surface area contributed by atoms with Gasteiger partial charge in [-0.3, -0.25) is 0 Å². The molecule has 5 heteroatoms. The van der Waals surface area contributed by atoms with E-state index in [4.69, 9.17) is 5.11 Å². The van der Waals surface area contributed by atoms with Crippen molar-refractivity contribution in [1.82, 2.24) is 9.97 Å². The van der Waals surface area contributed by atoms with Gasteiger partial charge in [-0.15, -0.1) is 0 Å². The summed E-state index contributed by atoms with van der Waals surface area (Å²) in [5.41, 5.74) is 0. The van der Waals surface area contributed by atoms with Crippen LogP contribution in [0.15, 0.2) is 12.4 Å². The molecule has 1 atom stereocenters. The third kappa shape index (κ3) is 4.93. The molecule has 0 fully saturated rings. The minimum absolute atomic E-state index is 0.232. The fourth-order valence-corrected chi connectivity index (χ4v) is 1.35. The number of aromatic nitrogens is 2. The first-order chi connectivity index (χ1) is 7.72. The normalized spacial score (nSPS) is 12.2. The van der Waals surface area contributed by atoms with Gasteiger partial charge in [-0.2, -0.15) is 0 Å². The van der Waals surface area contributed by atoms with E-state index in [1.54, 1.807) is 6.92 Å². The second-order valence-electron chi connectivity index (χ2n) is 3.74. The van der Waals surface area contributed by atoms with Crippen LogP contribution in [0.4, 0.5) is 11.6 Å². The van der Waals surface area contributed by atoms with Gasteiger partial charge in [-0.25, -0.2) is 9.97 Å².